The number of piperazine rings is 1. The van der Waals surface area contributed by atoms with Crippen LogP contribution in [0.3, 0.4) is 0 Å². The minimum atomic E-state index is 0.0143. The molecule has 1 heterocycles. The third-order valence-corrected chi connectivity index (χ3v) is 5.08. The first-order chi connectivity index (χ1) is 12.6. The Morgan fingerprint density at radius 3 is 2.85 bits per heavy atom. The lowest BCUT2D eigenvalue weighted by molar-refractivity contribution is -0.118. The van der Waals surface area contributed by atoms with Gasteiger partial charge in [-0.15, -0.1) is 0 Å². The number of nitrogens with zero attached hydrogens (tertiary/aromatic N) is 1. The minimum absolute atomic E-state index is 0.0143. The summed E-state index contributed by atoms with van der Waals surface area (Å²) in [5, 5.41) is 6.49. The van der Waals surface area contributed by atoms with Crippen LogP contribution in [0, 0.1) is 13.8 Å². The topological polar surface area (TPSA) is 53.6 Å². The van der Waals surface area contributed by atoms with Gasteiger partial charge in [-0.05, 0) is 37.1 Å². The second-order valence-electron chi connectivity index (χ2n) is 6.73. The number of aryl methyl sites for hydroxylation is 1. The van der Waals surface area contributed by atoms with Crippen molar-refractivity contribution in [1.82, 2.24) is 10.2 Å². The Labute approximate surface area is 155 Å². The minimum Gasteiger partial charge on any atom is -0.496 e. The molecule has 1 unspecified atom stereocenters. The number of anilines is 1. The van der Waals surface area contributed by atoms with Crippen LogP contribution < -0.4 is 15.4 Å². The number of ether oxygens (including phenoxy) is 1. The number of hydrogen-bond acceptors (Lipinski definition) is 4. The van der Waals surface area contributed by atoms with Crippen molar-refractivity contribution in [1.29, 1.82) is 0 Å². The van der Waals surface area contributed by atoms with Crippen LogP contribution in [0.4, 0.5) is 5.69 Å². The lowest BCUT2D eigenvalue weighted by Gasteiger charge is -2.36. The number of methoxy groups -OCH3 is 1. The molecule has 1 amide bonds. The number of amides is 1. The summed E-state index contributed by atoms with van der Waals surface area (Å²) in [6, 6.07) is 14.1. The number of benzene rings is 2. The van der Waals surface area contributed by atoms with Gasteiger partial charge in [0.15, 0.2) is 0 Å². The van der Waals surface area contributed by atoms with Crippen LogP contribution in [0.2, 0.25) is 0 Å². The number of carbonyl (C=O) groups is 1. The van der Waals surface area contributed by atoms with Crippen molar-refractivity contribution in [3.05, 3.63) is 59.2 Å². The van der Waals surface area contributed by atoms with Crippen LogP contribution in [-0.2, 0) is 4.79 Å². The van der Waals surface area contributed by atoms with Gasteiger partial charge in [-0.25, -0.2) is 0 Å². The summed E-state index contributed by atoms with van der Waals surface area (Å²) in [6.07, 6.45) is 0. The van der Waals surface area contributed by atoms with Crippen LogP contribution in [0.5, 0.6) is 5.75 Å². The molecule has 5 nitrogen and oxygen atoms in total. The molecule has 1 atom stereocenters. The summed E-state index contributed by atoms with van der Waals surface area (Å²) in [4.78, 5) is 14.9. The Morgan fingerprint density at radius 1 is 1.23 bits per heavy atom. The SMILES string of the molecule is COc1ccccc1C1CNCCN1CC(=O)Nc1cccc(C)c1C. The standard InChI is InChI=1S/C21H27N3O2/c1-15-7-6-9-18(16(15)2)23-21(25)14-24-12-11-22-13-19(24)17-8-4-5-10-20(17)26-3/h4-10,19,22H,11-14H2,1-3H3,(H,23,25). The first kappa shape index (κ1) is 18.4. The lowest BCUT2D eigenvalue weighted by atomic mass is 10.0. The maximum absolute atomic E-state index is 12.7. The molecule has 26 heavy (non-hydrogen) atoms. The fourth-order valence-electron chi connectivity index (χ4n) is 3.44. The molecule has 138 valence electrons. The van der Waals surface area contributed by atoms with E-state index in [1.807, 2.05) is 37.3 Å². The van der Waals surface area contributed by atoms with E-state index in [9.17, 15) is 4.79 Å². The van der Waals surface area contributed by atoms with Crippen LogP contribution >= 0.6 is 0 Å². The molecule has 1 fully saturated rings. The normalized spacial score (nSPS) is 17.7. The van der Waals surface area contributed by atoms with Gasteiger partial charge in [0.1, 0.15) is 5.75 Å². The van der Waals surface area contributed by atoms with Crippen molar-refractivity contribution in [3.8, 4) is 5.75 Å². The average molecular weight is 353 g/mol. The predicted molar refractivity (Wildman–Crippen MR) is 105 cm³/mol. The monoisotopic (exact) mass is 353 g/mol. The van der Waals surface area contributed by atoms with E-state index >= 15 is 0 Å². The zero-order valence-corrected chi connectivity index (χ0v) is 15.7. The van der Waals surface area contributed by atoms with Gasteiger partial charge >= 0.3 is 0 Å². The van der Waals surface area contributed by atoms with Gasteiger partial charge in [0, 0.05) is 30.9 Å². The molecule has 2 N–H and O–H groups in total. The first-order valence-electron chi connectivity index (χ1n) is 9.04. The molecule has 3 rings (SSSR count). The van der Waals surface area contributed by atoms with Crippen molar-refractivity contribution >= 4 is 11.6 Å². The summed E-state index contributed by atoms with van der Waals surface area (Å²) < 4.78 is 5.52. The van der Waals surface area contributed by atoms with Gasteiger partial charge in [-0.2, -0.15) is 0 Å². The summed E-state index contributed by atoms with van der Waals surface area (Å²) >= 11 is 0. The molecule has 5 heteroatoms. The summed E-state index contributed by atoms with van der Waals surface area (Å²) in [6.45, 7) is 6.95. The molecule has 1 aliphatic rings. The second kappa shape index (κ2) is 8.34. The van der Waals surface area contributed by atoms with Gasteiger partial charge in [0.2, 0.25) is 5.91 Å². The van der Waals surface area contributed by atoms with E-state index in [-0.39, 0.29) is 11.9 Å². The molecule has 2 aromatic carbocycles. The summed E-state index contributed by atoms with van der Waals surface area (Å²) in [5.41, 5.74) is 4.29. The molecule has 0 aromatic heterocycles. The van der Waals surface area contributed by atoms with Crippen molar-refractivity contribution in [2.45, 2.75) is 19.9 Å². The Bertz CT molecular complexity index is 776. The number of para-hydroxylation sites is 1. The van der Waals surface area contributed by atoms with Gasteiger partial charge in [-0.1, -0.05) is 30.3 Å². The van der Waals surface area contributed by atoms with Crippen LogP contribution in [-0.4, -0.2) is 44.1 Å². The number of nitrogens with one attached hydrogen (secondary N) is 2. The fraction of sp³-hybridized carbons (Fsp3) is 0.381. The largest absolute Gasteiger partial charge is 0.496 e. The third kappa shape index (κ3) is 4.06. The Morgan fingerprint density at radius 2 is 2.04 bits per heavy atom. The average Bonchev–Trinajstić information content (AvgIpc) is 2.66. The van der Waals surface area contributed by atoms with Gasteiger partial charge < -0.3 is 15.4 Å². The Kier molecular flexibility index (Phi) is 5.91. The van der Waals surface area contributed by atoms with E-state index in [4.69, 9.17) is 4.74 Å². The van der Waals surface area contributed by atoms with Crippen LogP contribution in [0.1, 0.15) is 22.7 Å². The van der Waals surface area contributed by atoms with Crippen molar-refractivity contribution in [2.75, 3.05) is 38.6 Å². The van der Waals surface area contributed by atoms with E-state index in [1.54, 1.807) is 7.11 Å². The number of hydrogen-bond donors (Lipinski definition) is 2. The molecule has 0 radical (unpaired) electrons. The van der Waals surface area contributed by atoms with Crippen LogP contribution in [0.15, 0.2) is 42.5 Å². The highest BCUT2D eigenvalue weighted by Crippen LogP contribution is 2.30. The third-order valence-electron chi connectivity index (χ3n) is 5.08. The molecule has 1 saturated heterocycles. The highest BCUT2D eigenvalue weighted by Gasteiger charge is 2.27. The lowest BCUT2D eigenvalue weighted by Crippen LogP contribution is -2.48. The zero-order chi connectivity index (χ0) is 18.5. The van der Waals surface area contributed by atoms with Crippen LogP contribution in [0.25, 0.3) is 0 Å². The van der Waals surface area contributed by atoms with Crippen molar-refractivity contribution in [3.63, 3.8) is 0 Å². The number of rotatable bonds is 5. The molecule has 0 aliphatic carbocycles. The smallest absolute Gasteiger partial charge is 0.238 e. The molecule has 1 aliphatic heterocycles. The maximum Gasteiger partial charge on any atom is 0.238 e. The highest BCUT2D eigenvalue weighted by molar-refractivity contribution is 5.93. The quantitative estimate of drug-likeness (QED) is 0.868. The molecule has 0 spiro atoms. The predicted octanol–water partition coefficient (Wildman–Crippen LogP) is 2.90. The zero-order valence-electron chi connectivity index (χ0n) is 15.7. The second-order valence-corrected chi connectivity index (χ2v) is 6.73. The molecule has 0 saturated carbocycles. The van der Waals surface area contributed by atoms with E-state index in [1.165, 1.54) is 5.56 Å². The highest BCUT2D eigenvalue weighted by atomic mass is 16.5. The molecular formula is C21H27N3O2. The first-order valence-corrected chi connectivity index (χ1v) is 9.04. The summed E-state index contributed by atoms with van der Waals surface area (Å²) in [5.74, 6) is 0.877. The van der Waals surface area contributed by atoms with E-state index < -0.39 is 0 Å². The Balaban J connectivity index is 1.74. The van der Waals surface area contributed by atoms with Crippen molar-refractivity contribution in [2.24, 2.45) is 0 Å². The summed E-state index contributed by atoms with van der Waals surface area (Å²) in [7, 11) is 1.69. The number of carbonyl (C=O) groups excluding carboxylic acids is 1. The van der Waals surface area contributed by atoms with E-state index in [0.717, 1.165) is 42.2 Å². The molecule has 2 aromatic rings. The van der Waals surface area contributed by atoms with E-state index in [0.29, 0.717) is 6.54 Å². The van der Waals surface area contributed by atoms with Gasteiger partial charge in [0.05, 0.1) is 19.7 Å². The fourth-order valence-corrected chi connectivity index (χ4v) is 3.44. The molecule has 0 bridgehead atoms. The Hall–Kier alpha value is -2.37. The van der Waals surface area contributed by atoms with E-state index in [2.05, 4.69) is 34.6 Å². The molecular weight excluding hydrogens is 326 g/mol. The maximum atomic E-state index is 12.7. The van der Waals surface area contributed by atoms with Gasteiger partial charge in [-0.3, -0.25) is 9.69 Å². The van der Waals surface area contributed by atoms with Gasteiger partial charge in [0.25, 0.3) is 0 Å². The van der Waals surface area contributed by atoms with Crippen molar-refractivity contribution < 1.29 is 9.53 Å².